The largest absolute Gasteiger partial charge is 0.481 e. The summed E-state index contributed by atoms with van der Waals surface area (Å²) in [6.45, 7) is 5.28. The Kier molecular flexibility index (Phi) is 5.61. The van der Waals surface area contributed by atoms with Gasteiger partial charge in [0.2, 0.25) is 0 Å². The number of carbonyl (C=O) groups is 2. The van der Waals surface area contributed by atoms with E-state index in [9.17, 15) is 23.1 Å². The molecule has 0 spiro atoms. The van der Waals surface area contributed by atoms with Crippen molar-refractivity contribution >= 4 is 21.9 Å². The summed E-state index contributed by atoms with van der Waals surface area (Å²) >= 11 is 0. The lowest BCUT2D eigenvalue weighted by atomic mass is 9.88. The van der Waals surface area contributed by atoms with Crippen LogP contribution in [0, 0.1) is 11.8 Å². The maximum absolute atomic E-state index is 11.6. The third-order valence-corrected chi connectivity index (χ3v) is 5.05. The average Bonchev–Trinajstić information content (AvgIpc) is 2.43. The molecule has 0 saturated carbocycles. The Morgan fingerprint density at radius 3 is 2.33 bits per heavy atom. The quantitative estimate of drug-likeness (QED) is 0.803. The fourth-order valence-electron chi connectivity index (χ4n) is 2.27. The Balaban J connectivity index is 2.65. The molecule has 2 N–H and O–H groups in total. The summed E-state index contributed by atoms with van der Waals surface area (Å²) < 4.78 is 28.3. The summed E-state index contributed by atoms with van der Waals surface area (Å²) in [6.07, 6.45) is -0.313. The van der Waals surface area contributed by atoms with Gasteiger partial charge in [0.15, 0.2) is 0 Å². The fourth-order valence-corrected chi connectivity index (χ4v) is 3.75. The third kappa shape index (κ3) is 6.33. The van der Waals surface area contributed by atoms with E-state index in [-0.39, 0.29) is 30.9 Å². The van der Waals surface area contributed by atoms with Crippen molar-refractivity contribution in [3.8, 4) is 0 Å². The first-order chi connectivity index (χ1) is 9.50. The van der Waals surface area contributed by atoms with Gasteiger partial charge in [-0.1, -0.05) is 0 Å². The Morgan fingerprint density at radius 1 is 1.24 bits per heavy atom. The Labute approximate surface area is 125 Å². The molecule has 0 aromatic carbocycles. The van der Waals surface area contributed by atoms with E-state index in [1.165, 1.54) is 0 Å². The van der Waals surface area contributed by atoms with Gasteiger partial charge in [-0.25, -0.2) is 13.2 Å². The van der Waals surface area contributed by atoms with Gasteiger partial charge in [-0.2, -0.15) is 0 Å². The standard InChI is InChI=1S/C13H23NO6S/c1-13(2,3)20-12(17)14-8-9-4-6-21(18,19)7-5-10(9)11(15)16/h9-10H,4-8H2,1-3H3,(H,14,17)(H,15,16)/t9-,10-/m0/s1. The normalized spacial score (nSPS) is 25.7. The Morgan fingerprint density at radius 2 is 1.81 bits per heavy atom. The predicted molar refractivity (Wildman–Crippen MR) is 76.7 cm³/mol. The van der Waals surface area contributed by atoms with Crippen LogP contribution in [-0.2, 0) is 19.4 Å². The van der Waals surface area contributed by atoms with Gasteiger partial charge in [-0.15, -0.1) is 0 Å². The molecule has 1 aliphatic heterocycles. The number of sulfone groups is 1. The van der Waals surface area contributed by atoms with Crippen molar-refractivity contribution in [1.29, 1.82) is 0 Å². The van der Waals surface area contributed by atoms with E-state index in [1.807, 2.05) is 0 Å². The van der Waals surface area contributed by atoms with Crippen molar-refractivity contribution in [3.05, 3.63) is 0 Å². The van der Waals surface area contributed by atoms with Gasteiger partial charge in [0, 0.05) is 6.54 Å². The number of hydrogen-bond acceptors (Lipinski definition) is 5. The van der Waals surface area contributed by atoms with Gasteiger partial charge in [-0.3, -0.25) is 4.79 Å². The van der Waals surface area contributed by atoms with Crippen LogP contribution in [0.5, 0.6) is 0 Å². The molecule has 1 rings (SSSR count). The first-order valence-corrected chi connectivity index (χ1v) is 8.72. The van der Waals surface area contributed by atoms with Gasteiger partial charge < -0.3 is 15.2 Å². The minimum absolute atomic E-state index is 0.0442. The van der Waals surface area contributed by atoms with E-state index in [2.05, 4.69) is 5.32 Å². The Hall–Kier alpha value is -1.31. The van der Waals surface area contributed by atoms with Gasteiger partial charge in [-0.05, 0) is 39.5 Å². The van der Waals surface area contributed by atoms with Crippen LogP contribution in [0.25, 0.3) is 0 Å². The van der Waals surface area contributed by atoms with Crippen LogP contribution in [0.2, 0.25) is 0 Å². The molecular formula is C13H23NO6S. The fraction of sp³-hybridized carbons (Fsp3) is 0.846. The monoisotopic (exact) mass is 321 g/mol. The number of carbonyl (C=O) groups excluding carboxylic acids is 1. The summed E-state index contributed by atoms with van der Waals surface area (Å²) in [5, 5.41) is 11.7. The molecule has 7 nitrogen and oxygen atoms in total. The summed E-state index contributed by atoms with van der Waals surface area (Å²) in [5.74, 6) is -2.36. The van der Waals surface area contributed by atoms with E-state index < -0.39 is 39.3 Å². The zero-order valence-corrected chi connectivity index (χ0v) is 13.4. The predicted octanol–water partition coefficient (Wildman–Crippen LogP) is 1.04. The highest BCUT2D eigenvalue weighted by molar-refractivity contribution is 7.91. The maximum atomic E-state index is 11.6. The number of carboxylic acids is 1. The van der Waals surface area contributed by atoms with E-state index in [4.69, 9.17) is 4.74 Å². The zero-order valence-electron chi connectivity index (χ0n) is 12.6. The highest BCUT2D eigenvalue weighted by Crippen LogP contribution is 2.25. The average molecular weight is 321 g/mol. The zero-order chi connectivity index (χ0) is 16.3. The molecule has 1 saturated heterocycles. The third-order valence-electron chi connectivity index (χ3n) is 3.33. The SMILES string of the molecule is CC(C)(C)OC(=O)NC[C@@H]1CCS(=O)(=O)CC[C@@H]1C(=O)O. The van der Waals surface area contributed by atoms with E-state index >= 15 is 0 Å². The van der Waals surface area contributed by atoms with Crippen LogP contribution in [0.3, 0.4) is 0 Å². The van der Waals surface area contributed by atoms with Gasteiger partial charge >= 0.3 is 12.1 Å². The van der Waals surface area contributed by atoms with Crippen molar-refractivity contribution in [1.82, 2.24) is 5.32 Å². The number of carboxylic acid groups (broad SMARTS) is 1. The molecule has 0 unspecified atom stereocenters. The molecule has 0 bridgehead atoms. The lowest BCUT2D eigenvalue weighted by Crippen LogP contribution is -2.38. The first kappa shape index (κ1) is 17.7. The minimum atomic E-state index is -3.19. The van der Waals surface area contributed by atoms with Gasteiger partial charge in [0.25, 0.3) is 0 Å². The van der Waals surface area contributed by atoms with Crippen molar-refractivity contribution < 1.29 is 27.9 Å². The summed E-state index contributed by atoms with van der Waals surface area (Å²) in [6, 6.07) is 0. The van der Waals surface area contributed by atoms with Crippen molar-refractivity contribution in [2.24, 2.45) is 11.8 Å². The molecule has 1 amide bonds. The molecule has 0 radical (unpaired) electrons. The summed E-state index contributed by atoms with van der Waals surface area (Å²) in [5.41, 5.74) is -0.636. The number of alkyl carbamates (subject to hydrolysis) is 1. The van der Waals surface area contributed by atoms with Crippen molar-refractivity contribution in [3.63, 3.8) is 0 Å². The second-order valence-electron chi connectivity index (χ2n) is 6.32. The molecular weight excluding hydrogens is 298 g/mol. The van der Waals surface area contributed by atoms with Crippen LogP contribution < -0.4 is 5.32 Å². The van der Waals surface area contributed by atoms with Gasteiger partial charge in [0.05, 0.1) is 17.4 Å². The number of amides is 1. The van der Waals surface area contributed by atoms with Crippen LogP contribution >= 0.6 is 0 Å². The second-order valence-corrected chi connectivity index (χ2v) is 8.62. The molecule has 122 valence electrons. The van der Waals surface area contributed by atoms with E-state index in [0.29, 0.717) is 0 Å². The van der Waals surface area contributed by atoms with E-state index in [0.717, 1.165) is 0 Å². The van der Waals surface area contributed by atoms with Gasteiger partial charge in [0.1, 0.15) is 15.4 Å². The first-order valence-electron chi connectivity index (χ1n) is 6.90. The molecule has 1 fully saturated rings. The second kappa shape index (κ2) is 6.64. The lowest BCUT2D eigenvalue weighted by Gasteiger charge is -2.23. The number of ether oxygens (including phenoxy) is 1. The van der Waals surface area contributed by atoms with Crippen molar-refractivity contribution in [2.45, 2.75) is 39.2 Å². The number of aliphatic carboxylic acids is 1. The number of nitrogens with one attached hydrogen (secondary N) is 1. The van der Waals surface area contributed by atoms with Crippen LogP contribution in [0.15, 0.2) is 0 Å². The highest BCUT2D eigenvalue weighted by atomic mass is 32.2. The van der Waals surface area contributed by atoms with Crippen LogP contribution in [0.1, 0.15) is 33.6 Å². The Bertz CT molecular complexity index is 493. The molecule has 0 aromatic heterocycles. The molecule has 1 aliphatic rings. The lowest BCUT2D eigenvalue weighted by molar-refractivity contribution is -0.143. The topological polar surface area (TPSA) is 110 Å². The maximum Gasteiger partial charge on any atom is 0.407 e. The summed E-state index contributed by atoms with van der Waals surface area (Å²) in [7, 11) is -3.19. The number of rotatable bonds is 3. The van der Waals surface area contributed by atoms with Crippen molar-refractivity contribution in [2.75, 3.05) is 18.1 Å². The molecule has 0 aliphatic carbocycles. The number of hydrogen-bond donors (Lipinski definition) is 2. The molecule has 0 aromatic rings. The molecule has 8 heteroatoms. The molecule has 1 heterocycles. The smallest absolute Gasteiger partial charge is 0.407 e. The molecule has 21 heavy (non-hydrogen) atoms. The van der Waals surface area contributed by atoms with E-state index in [1.54, 1.807) is 20.8 Å². The van der Waals surface area contributed by atoms with Crippen LogP contribution in [0.4, 0.5) is 4.79 Å². The minimum Gasteiger partial charge on any atom is -0.481 e. The highest BCUT2D eigenvalue weighted by Gasteiger charge is 2.34. The molecule has 2 atom stereocenters. The summed E-state index contributed by atoms with van der Waals surface area (Å²) in [4.78, 5) is 22.9. The van der Waals surface area contributed by atoms with Crippen LogP contribution in [-0.4, -0.2) is 49.2 Å².